The van der Waals surface area contributed by atoms with Crippen LogP contribution in [0.25, 0.3) is 0 Å². The van der Waals surface area contributed by atoms with Crippen LogP contribution in [-0.2, 0) is 16.8 Å². The average molecular weight is 225 g/mol. The molecule has 90 valence electrons. The topological polar surface area (TPSA) is 61.7 Å². The minimum absolute atomic E-state index is 0.0764. The van der Waals surface area contributed by atoms with Gasteiger partial charge in [0.25, 0.3) is 0 Å². The van der Waals surface area contributed by atoms with E-state index in [0.717, 1.165) is 5.56 Å². The van der Waals surface area contributed by atoms with E-state index in [1.54, 1.807) is 6.07 Å². The summed E-state index contributed by atoms with van der Waals surface area (Å²) in [5.74, 6) is -0.196. The fourth-order valence-corrected chi connectivity index (χ4v) is 1.40. The molecule has 1 aromatic carbocycles. The lowest BCUT2D eigenvalue weighted by Gasteiger charge is -2.21. The molecule has 0 aliphatic rings. The number of hydrogen-bond acceptors (Lipinski definition) is 4. The largest absolute Gasteiger partial charge is 0.504 e. The number of aromatic hydroxyl groups is 2. The zero-order valence-corrected chi connectivity index (χ0v) is 10.2. The molecule has 0 unspecified atom stereocenters. The number of phenolic OH excluding ortho intramolecular Hbond substituents is 2. The Labute approximate surface area is 95.8 Å². The molecule has 4 nitrogen and oxygen atoms in total. The Morgan fingerprint density at radius 3 is 2.38 bits per heavy atom. The summed E-state index contributed by atoms with van der Waals surface area (Å²) in [7, 11) is 1.50. The highest BCUT2D eigenvalue weighted by Crippen LogP contribution is 2.34. The normalized spacial score (nSPS) is 11.8. The monoisotopic (exact) mass is 225 g/mol. The maximum absolute atomic E-state index is 9.67. The summed E-state index contributed by atoms with van der Waals surface area (Å²) in [5.41, 5.74) is 4.15. The molecular weight excluding hydrogens is 206 g/mol. The summed E-state index contributed by atoms with van der Waals surface area (Å²) < 4.78 is 0. The molecule has 0 saturated heterocycles. The molecule has 0 amide bonds. The van der Waals surface area contributed by atoms with Gasteiger partial charge in [0.15, 0.2) is 11.5 Å². The fourth-order valence-electron chi connectivity index (χ4n) is 1.40. The van der Waals surface area contributed by atoms with Gasteiger partial charge in [-0.2, -0.15) is 5.48 Å². The lowest BCUT2D eigenvalue weighted by atomic mass is 9.86. The van der Waals surface area contributed by atoms with Crippen LogP contribution in [0.1, 0.15) is 31.9 Å². The van der Waals surface area contributed by atoms with Gasteiger partial charge >= 0.3 is 0 Å². The molecule has 0 aromatic heterocycles. The number of hydrogen-bond donors (Lipinski definition) is 3. The first-order valence-electron chi connectivity index (χ1n) is 5.17. The number of rotatable bonds is 3. The minimum Gasteiger partial charge on any atom is -0.504 e. The molecule has 0 spiro atoms. The van der Waals surface area contributed by atoms with Crippen molar-refractivity contribution < 1.29 is 15.1 Å². The van der Waals surface area contributed by atoms with Crippen molar-refractivity contribution in [2.24, 2.45) is 0 Å². The number of benzene rings is 1. The lowest BCUT2D eigenvalue weighted by molar-refractivity contribution is 0.0860. The molecule has 1 aromatic rings. The van der Waals surface area contributed by atoms with Gasteiger partial charge in [-0.3, -0.25) is 0 Å². The maximum Gasteiger partial charge on any atom is 0.162 e. The molecule has 0 fully saturated rings. The molecule has 4 heteroatoms. The summed E-state index contributed by atoms with van der Waals surface area (Å²) in [4.78, 5) is 4.72. The zero-order chi connectivity index (χ0) is 12.3. The number of hydroxylamine groups is 1. The highest BCUT2D eigenvalue weighted by Gasteiger charge is 2.18. The Bertz CT molecular complexity index is 369. The second kappa shape index (κ2) is 4.72. The summed E-state index contributed by atoms with van der Waals surface area (Å²) in [5, 5.41) is 19.3. The molecule has 0 heterocycles. The van der Waals surface area contributed by atoms with Gasteiger partial charge in [-0.1, -0.05) is 20.8 Å². The van der Waals surface area contributed by atoms with Gasteiger partial charge in [-0.25, -0.2) is 0 Å². The lowest BCUT2D eigenvalue weighted by Crippen LogP contribution is -2.14. The SMILES string of the molecule is CONCc1cc(C(C)(C)C)cc(O)c1O. The van der Waals surface area contributed by atoms with Crippen molar-refractivity contribution in [1.29, 1.82) is 0 Å². The van der Waals surface area contributed by atoms with Crippen LogP contribution >= 0.6 is 0 Å². The van der Waals surface area contributed by atoms with E-state index in [0.29, 0.717) is 12.1 Å². The van der Waals surface area contributed by atoms with Crippen molar-refractivity contribution in [1.82, 2.24) is 5.48 Å². The molecule has 1 rings (SSSR count). The first kappa shape index (κ1) is 12.8. The van der Waals surface area contributed by atoms with Crippen LogP contribution in [-0.4, -0.2) is 17.3 Å². The average Bonchev–Trinajstić information content (AvgIpc) is 2.18. The van der Waals surface area contributed by atoms with E-state index in [4.69, 9.17) is 4.84 Å². The van der Waals surface area contributed by atoms with E-state index in [-0.39, 0.29) is 16.9 Å². The Balaban J connectivity index is 3.12. The summed E-state index contributed by atoms with van der Waals surface area (Å²) in [6.07, 6.45) is 0. The van der Waals surface area contributed by atoms with Crippen molar-refractivity contribution in [3.8, 4) is 11.5 Å². The summed E-state index contributed by atoms with van der Waals surface area (Å²) in [6, 6.07) is 3.45. The molecule has 0 saturated carbocycles. The van der Waals surface area contributed by atoms with Crippen molar-refractivity contribution in [2.75, 3.05) is 7.11 Å². The molecule has 0 radical (unpaired) electrons. The predicted octanol–water partition coefficient (Wildman–Crippen LogP) is 2.05. The second-order valence-corrected chi connectivity index (χ2v) is 4.78. The Morgan fingerprint density at radius 2 is 1.88 bits per heavy atom. The van der Waals surface area contributed by atoms with E-state index in [2.05, 4.69) is 5.48 Å². The molecule has 3 N–H and O–H groups in total. The Hall–Kier alpha value is -1.26. The van der Waals surface area contributed by atoms with Crippen LogP contribution in [0.2, 0.25) is 0 Å². The van der Waals surface area contributed by atoms with E-state index >= 15 is 0 Å². The van der Waals surface area contributed by atoms with E-state index in [1.165, 1.54) is 7.11 Å². The van der Waals surface area contributed by atoms with Gasteiger partial charge in [0.1, 0.15) is 0 Å². The van der Waals surface area contributed by atoms with Crippen LogP contribution < -0.4 is 5.48 Å². The van der Waals surface area contributed by atoms with Gasteiger partial charge in [0.05, 0.1) is 7.11 Å². The van der Waals surface area contributed by atoms with Gasteiger partial charge < -0.3 is 15.1 Å². The zero-order valence-electron chi connectivity index (χ0n) is 10.2. The van der Waals surface area contributed by atoms with Crippen molar-refractivity contribution in [3.63, 3.8) is 0 Å². The van der Waals surface area contributed by atoms with Gasteiger partial charge in [0, 0.05) is 12.1 Å². The van der Waals surface area contributed by atoms with Crippen LogP contribution in [0.3, 0.4) is 0 Å². The Morgan fingerprint density at radius 1 is 1.25 bits per heavy atom. The second-order valence-electron chi connectivity index (χ2n) is 4.78. The van der Waals surface area contributed by atoms with E-state index in [1.807, 2.05) is 26.8 Å². The minimum atomic E-state index is -0.0995. The molecular formula is C12H19NO3. The van der Waals surface area contributed by atoms with Gasteiger partial charge in [0.2, 0.25) is 0 Å². The van der Waals surface area contributed by atoms with Crippen LogP contribution in [0, 0.1) is 0 Å². The first-order chi connectivity index (χ1) is 7.36. The molecule has 0 aliphatic carbocycles. The third-order valence-corrected chi connectivity index (χ3v) is 2.44. The predicted molar refractivity (Wildman–Crippen MR) is 62.3 cm³/mol. The smallest absolute Gasteiger partial charge is 0.162 e. The molecule has 0 aliphatic heterocycles. The van der Waals surface area contributed by atoms with Crippen LogP contribution in [0.4, 0.5) is 0 Å². The molecule has 16 heavy (non-hydrogen) atoms. The van der Waals surface area contributed by atoms with Gasteiger partial charge in [-0.05, 0) is 23.1 Å². The standard InChI is InChI=1S/C12H19NO3/c1-12(2,3)9-5-8(7-13-16-4)11(15)10(14)6-9/h5-6,13-15H,7H2,1-4H3. The molecule has 0 bridgehead atoms. The van der Waals surface area contributed by atoms with E-state index < -0.39 is 0 Å². The third kappa shape index (κ3) is 2.87. The fraction of sp³-hybridized carbons (Fsp3) is 0.500. The van der Waals surface area contributed by atoms with E-state index in [9.17, 15) is 10.2 Å². The van der Waals surface area contributed by atoms with Gasteiger partial charge in [-0.15, -0.1) is 0 Å². The number of nitrogens with one attached hydrogen (secondary N) is 1. The summed E-state index contributed by atoms with van der Waals surface area (Å²) >= 11 is 0. The first-order valence-corrected chi connectivity index (χ1v) is 5.17. The van der Waals surface area contributed by atoms with Crippen LogP contribution in [0.15, 0.2) is 12.1 Å². The summed E-state index contributed by atoms with van der Waals surface area (Å²) in [6.45, 7) is 6.49. The van der Waals surface area contributed by atoms with Crippen molar-refractivity contribution in [3.05, 3.63) is 23.3 Å². The van der Waals surface area contributed by atoms with Crippen molar-refractivity contribution >= 4 is 0 Å². The maximum atomic E-state index is 9.67. The van der Waals surface area contributed by atoms with Crippen LogP contribution in [0.5, 0.6) is 11.5 Å². The highest BCUT2D eigenvalue weighted by molar-refractivity contribution is 5.49. The Kier molecular flexibility index (Phi) is 3.78. The highest BCUT2D eigenvalue weighted by atomic mass is 16.6. The number of phenols is 2. The van der Waals surface area contributed by atoms with Crippen molar-refractivity contribution in [2.45, 2.75) is 32.7 Å². The third-order valence-electron chi connectivity index (χ3n) is 2.44. The molecule has 0 atom stereocenters. The quantitative estimate of drug-likeness (QED) is 0.544.